The fraction of sp³-hybridized carbons (Fsp3) is 0.500. The Morgan fingerprint density at radius 3 is 2.36 bits per heavy atom. The Balaban J connectivity index is 2.46. The first-order valence-electron chi connectivity index (χ1n) is 4.99. The van der Waals surface area contributed by atoms with Gasteiger partial charge in [0.15, 0.2) is 0 Å². The van der Waals surface area contributed by atoms with Crippen LogP contribution >= 0.6 is 11.6 Å². The molecular weight excluding hydrogens is 194 g/mol. The van der Waals surface area contributed by atoms with Crippen molar-refractivity contribution in [1.29, 1.82) is 0 Å². The molecule has 1 unspecified atom stereocenters. The quantitative estimate of drug-likeness (QED) is 0.797. The summed E-state index contributed by atoms with van der Waals surface area (Å²) in [6.45, 7) is 5.19. The number of nitrogens with two attached hydrogens (primary N) is 1. The highest BCUT2D eigenvalue weighted by Crippen LogP contribution is 2.64. The van der Waals surface area contributed by atoms with E-state index in [1.807, 2.05) is 18.2 Å². The fourth-order valence-electron chi connectivity index (χ4n) is 2.48. The molecule has 0 bridgehead atoms. The molecule has 1 fully saturated rings. The summed E-state index contributed by atoms with van der Waals surface area (Å²) in [6.07, 6.45) is 1.14. The van der Waals surface area contributed by atoms with E-state index in [1.54, 1.807) is 0 Å². The van der Waals surface area contributed by atoms with E-state index < -0.39 is 0 Å². The van der Waals surface area contributed by atoms with Crippen LogP contribution in [0.5, 0.6) is 0 Å². The van der Waals surface area contributed by atoms with Gasteiger partial charge in [0.1, 0.15) is 0 Å². The first-order valence-corrected chi connectivity index (χ1v) is 5.36. The molecule has 0 saturated heterocycles. The van der Waals surface area contributed by atoms with Crippen molar-refractivity contribution in [3.05, 3.63) is 34.9 Å². The number of hydrogen-bond donors (Lipinski definition) is 1. The van der Waals surface area contributed by atoms with Gasteiger partial charge in [0.2, 0.25) is 0 Å². The molecule has 1 saturated carbocycles. The van der Waals surface area contributed by atoms with Crippen LogP contribution < -0.4 is 5.73 Å². The van der Waals surface area contributed by atoms with E-state index >= 15 is 0 Å². The maximum Gasteiger partial charge on any atom is 0.0444 e. The summed E-state index contributed by atoms with van der Waals surface area (Å²) in [7, 11) is 0. The van der Waals surface area contributed by atoms with Crippen molar-refractivity contribution >= 4 is 11.6 Å². The Morgan fingerprint density at radius 1 is 1.36 bits per heavy atom. The molecule has 0 amide bonds. The molecule has 1 aliphatic rings. The maximum atomic E-state index is 6.20. The number of rotatable bonds is 2. The second-order valence-electron chi connectivity index (χ2n) is 4.83. The Kier molecular flexibility index (Phi) is 2.13. The molecule has 1 aromatic rings. The van der Waals surface area contributed by atoms with E-state index in [0.717, 1.165) is 11.4 Å². The zero-order valence-electron chi connectivity index (χ0n) is 8.68. The van der Waals surface area contributed by atoms with Crippen molar-refractivity contribution in [2.45, 2.75) is 25.7 Å². The monoisotopic (exact) mass is 209 g/mol. The highest BCUT2D eigenvalue weighted by molar-refractivity contribution is 6.31. The van der Waals surface area contributed by atoms with Gasteiger partial charge in [-0.25, -0.2) is 0 Å². The molecule has 1 aromatic carbocycles. The van der Waals surface area contributed by atoms with E-state index in [9.17, 15) is 0 Å². The van der Waals surface area contributed by atoms with Crippen LogP contribution in [0.15, 0.2) is 24.3 Å². The van der Waals surface area contributed by atoms with Crippen LogP contribution in [-0.4, -0.2) is 6.54 Å². The number of benzene rings is 1. The summed E-state index contributed by atoms with van der Waals surface area (Å²) < 4.78 is 0. The van der Waals surface area contributed by atoms with Crippen LogP contribution in [0.25, 0.3) is 0 Å². The summed E-state index contributed by atoms with van der Waals surface area (Å²) in [5, 5.41) is 0.850. The first-order chi connectivity index (χ1) is 6.53. The smallest absolute Gasteiger partial charge is 0.0444 e. The summed E-state index contributed by atoms with van der Waals surface area (Å²) in [4.78, 5) is 0. The summed E-state index contributed by atoms with van der Waals surface area (Å²) >= 11 is 6.20. The molecule has 2 heteroatoms. The van der Waals surface area contributed by atoms with Gasteiger partial charge in [-0.3, -0.25) is 0 Å². The standard InChI is InChI=1S/C12H16ClN/c1-11(2)7-12(11,8-14)9-5-3-4-6-10(9)13/h3-6H,7-8,14H2,1-2H3. The van der Waals surface area contributed by atoms with Gasteiger partial charge in [-0.1, -0.05) is 43.6 Å². The molecule has 2 N–H and O–H groups in total. The summed E-state index contributed by atoms with van der Waals surface area (Å²) in [5.41, 5.74) is 7.52. The molecular formula is C12H16ClN. The lowest BCUT2D eigenvalue weighted by Gasteiger charge is -2.20. The van der Waals surface area contributed by atoms with Crippen LogP contribution in [-0.2, 0) is 5.41 Å². The Hall–Kier alpha value is -0.530. The molecule has 0 radical (unpaired) electrons. The fourth-order valence-corrected chi connectivity index (χ4v) is 2.79. The van der Waals surface area contributed by atoms with Gasteiger partial charge in [-0.15, -0.1) is 0 Å². The highest BCUT2D eigenvalue weighted by Gasteiger charge is 2.61. The second kappa shape index (κ2) is 2.98. The minimum atomic E-state index is 0.116. The third-order valence-corrected chi connectivity index (χ3v) is 3.98. The van der Waals surface area contributed by atoms with Gasteiger partial charge >= 0.3 is 0 Å². The molecule has 1 atom stereocenters. The normalized spacial score (nSPS) is 28.9. The lowest BCUT2D eigenvalue weighted by Crippen LogP contribution is -2.25. The van der Waals surface area contributed by atoms with Crippen molar-refractivity contribution in [1.82, 2.24) is 0 Å². The Morgan fingerprint density at radius 2 is 1.93 bits per heavy atom. The van der Waals surface area contributed by atoms with E-state index in [1.165, 1.54) is 5.56 Å². The average Bonchev–Trinajstić information content (AvgIpc) is 2.70. The average molecular weight is 210 g/mol. The lowest BCUT2D eigenvalue weighted by molar-refractivity contribution is 0.503. The molecule has 0 heterocycles. The summed E-state index contributed by atoms with van der Waals surface area (Å²) in [6, 6.07) is 8.05. The van der Waals surface area contributed by atoms with Gasteiger partial charge in [-0.2, -0.15) is 0 Å². The van der Waals surface area contributed by atoms with Crippen molar-refractivity contribution in [2.75, 3.05) is 6.54 Å². The van der Waals surface area contributed by atoms with Crippen LogP contribution in [0.4, 0.5) is 0 Å². The molecule has 0 aliphatic heterocycles. The molecule has 2 rings (SSSR count). The predicted octanol–water partition coefficient (Wildman–Crippen LogP) is 2.97. The van der Waals surface area contributed by atoms with Crippen molar-refractivity contribution in [2.24, 2.45) is 11.1 Å². The van der Waals surface area contributed by atoms with E-state index in [2.05, 4.69) is 19.9 Å². The Labute approximate surface area is 90.3 Å². The minimum absolute atomic E-state index is 0.116. The zero-order chi connectivity index (χ0) is 10.4. The van der Waals surface area contributed by atoms with E-state index in [0.29, 0.717) is 12.0 Å². The third kappa shape index (κ3) is 1.19. The first kappa shape index (κ1) is 10.0. The van der Waals surface area contributed by atoms with Crippen molar-refractivity contribution in [3.8, 4) is 0 Å². The molecule has 1 aliphatic carbocycles. The van der Waals surface area contributed by atoms with Crippen LogP contribution in [0, 0.1) is 5.41 Å². The predicted molar refractivity (Wildman–Crippen MR) is 60.6 cm³/mol. The van der Waals surface area contributed by atoms with Gasteiger partial charge < -0.3 is 5.73 Å². The van der Waals surface area contributed by atoms with Gasteiger partial charge in [0.25, 0.3) is 0 Å². The van der Waals surface area contributed by atoms with Crippen LogP contribution in [0.3, 0.4) is 0 Å². The second-order valence-corrected chi connectivity index (χ2v) is 5.23. The van der Waals surface area contributed by atoms with Gasteiger partial charge in [-0.05, 0) is 23.5 Å². The topological polar surface area (TPSA) is 26.0 Å². The van der Waals surface area contributed by atoms with E-state index in [-0.39, 0.29) is 5.41 Å². The molecule has 0 spiro atoms. The molecule has 0 aromatic heterocycles. The largest absolute Gasteiger partial charge is 0.330 e. The number of hydrogen-bond acceptors (Lipinski definition) is 1. The molecule has 1 nitrogen and oxygen atoms in total. The maximum absolute atomic E-state index is 6.20. The lowest BCUT2D eigenvalue weighted by atomic mass is 9.88. The summed E-state index contributed by atoms with van der Waals surface area (Å²) in [5.74, 6) is 0. The Bertz CT molecular complexity index is 359. The highest BCUT2D eigenvalue weighted by atomic mass is 35.5. The van der Waals surface area contributed by atoms with Crippen LogP contribution in [0.2, 0.25) is 5.02 Å². The SMILES string of the molecule is CC1(C)CC1(CN)c1ccccc1Cl. The van der Waals surface area contributed by atoms with Crippen molar-refractivity contribution in [3.63, 3.8) is 0 Å². The van der Waals surface area contributed by atoms with Gasteiger partial charge in [0.05, 0.1) is 0 Å². The minimum Gasteiger partial charge on any atom is -0.330 e. The third-order valence-electron chi connectivity index (χ3n) is 3.65. The van der Waals surface area contributed by atoms with Crippen molar-refractivity contribution < 1.29 is 0 Å². The van der Waals surface area contributed by atoms with E-state index in [4.69, 9.17) is 17.3 Å². The molecule has 76 valence electrons. The molecule has 14 heavy (non-hydrogen) atoms. The number of halogens is 1. The van der Waals surface area contributed by atoms with Gasteiger partial charge in [0, 0.05) is 17.0 Å². The zero-order valence-corrected chi connectivity index (χ0v) is 9.43. The van der Waals surface area contributed by atoms with Crippen LogP contribution in [0.1, 0.15) is 25.8 Å².